The molecule has 4 heteroatoms. The maximum Gasteiger partial charge on any atom is 0.206 e. The summed E-state index contributed by atoms with van der Waals surface area (Å²) in [5.74, 6) is -0.110. The molecule has 0 saturated heterocycles. The largest absolute Gasteiger partial charge is 0.398 e. The van der Waals surface area contributed by atoms with Gasteiger partial charge in [0.05, 0.1) is 9.90 Å². The van der Waals surface area contributed by atoms with Crippen molar-refractivity contribution in [3.05, 3.63) is 50.7 Å². The minimum absolute atomic E-state index is 0.110. The smallest absolute Gasteiger partial charge is 0.206 e. The van der Waals surface area contributed by atoms with Gasteiger partial charge in [0.2, 0.25) is 5.78 Å². The molecular weight excluding hydrogens is 242 g/mol. The second-order valence-electron chi connectivity index (χ2n) is 3.52. The Morgan fingerprint density at radius 1 is 1.38 bits per heavy atom. The molecule has 0 aliphatic heterocycles. The first-order chi connectivity index (χ1) is 7.59. The van der Waals surface area contributed by atoms with Crippen molar-refractivity contribution in [1.29, 1.82) is 0 Å². The van der Waals surface area contributed by atoms with Gasteiger partial charge in [-0.15, -0.1) is 11.3 Å². The molecule has 0 amide bonds. The maximum absolute atomic E-state index is 12.1. The van der Waals surface area contributed by atoms with E-state index in [2.05, 4.69) is 0 Å². The molecule has 2 N–H and O–H groups in total. The van der Waals surface area contributed by atoms with E-state index < -0.39 is 0 Å². The monoisotopic (exact) mass is 251 g/mol. The van der Waals surface area contributed by atoms with Crippen LogP contribution in [-0.4, -0.2) is 5.78 Å². The highest BCUT2D eigenvalue weighted by molar-refractivity contribution is 7.13. The zero-order valence-electron chi connectivity index (χ0n) is 8.66. The van der Waals surface area contributed by atoms with Gasteiger partial charge in [0.1, 0.15) is 0 Å². The predicted octanol–water partition coefficient (Wildman–Crippen LogP) is 3.52. The Kier molecular flexibility index (Phi) is 2.99. The maximum atomic E-state index is 12.1. The summed E-state index contributed by atoms with van der Waals surface area (Å²) in [6.45, 7) is 1.92. The third-order valence-corrected chi connectivity index (χ3v) is 3.62. The average molecular weight is 252 g/mol. The molecular formula is C12H10ClNOS. The van der Waals surface area contributed by atoms with Crippen LogP contribution in [0.1, 0.15) is 20.8 Å². The molecule has 0 atom stereocenters. The van der Waals surface area contributed by atoms with Gasteiger partial charge in [-0.2, -0.15) is 0 Å². The summed E-state index contributed by atoms with van der Waals surface area (Å²) in [4.78, 5) is 12.7. The topological polar surface area (TPSA) is 43.1 Å². The lowest BCUT2D eigenvalue weighted by molar-refractivity contribution is 0.104. The van der Waals surface area contributed by atoms with E-state index in [1.165, 1.54) is 11.3 Å². The quantitative estimate of drug-likeness (QED) is 0.656. The van der Waals surface area contributed by atoms with E-state index in [-0.39, 0.29) is 5.78 Å². The Balaban J connectivity index is 2.49. The van der Waals surface area contributed by atoms with Crippen molar-refractivity contribution in [2.75, 3.05) is 5.73 Å². The van der Waals surface area contributed by atoms with Gasteiger partial charge in [0.15, 0.2) is 0 Å². The van der Waals surface area contributed by atoms with E-state index in [0.29, 0.717) is 21.2 Å². The first kappa shape index (κ1) is 11.2. The van der Waals surface area contributed by atoms with E-state index in [4.69, 9.17) is 17.3 Å². The first-order valence-corrected chi connectivity index (χ1v) is 5.99. The molecule has 0 aliphatic carbocycles. The number of benzene rings is 1. The highest BCUT2D eigenvalue weighted by atomic mass is 35.5. The number of carbonyl (C=O) groups excluding carboxylic acids is 1. The number of thiophene rings is 1. The number of nitrogens with two attached hydrogens (primary N) is 1. The number of hydrogen-bond acceptors (Lipinski definition) is 3. The summed E-state index contributed by atoms with van der Waals surface area (Å²) in [5.41, 5.74) is 7.80. The predicted molar refractivity (Wildman–Crippen MR) is 68.4 cm³/mol. The molecule has 82 valence electrons. The van der Waals surface area contributed by atoms with Crippen molar-refractivity contribution in [2.24, 2.45) is 0 Å². The van der Waals surface area contributed by atoms with Crippen LogP contribution in [0, 0.1) is 6.92 Å². The third kappa shape index (κ3) is 1.96. The molecule has 0 bridgehead atoms. The standard InChI is InChI=1S/C12H10ClNOS/c1-7-2-3-10(14)8(6-7)11(15)12-9(13)4-5-16-12/h2-6H,14H2,1H3. The van der Waals surface area contributed by atoms with Crippen LogP contribution in [0.25, 0.3) is 0 Å². The van der Waals surface area contributed by atoms with Gasteiger partial charge in [-0.1, -0.05) is 23.2 Å². The second kappa shape index (κ2) is 4.28. The molecule has 0 radical (unpaired) electrons. The molecule has 1 aromatic heterocycles. The lowest BCUT2D eigenvalue weighted by Crippen LogP contribution is -2.04. The highest BCUT2D eigenvalue weighted by Gasteiger charge is 2.16. The number of anilines is 1. The van der Waals surface area contributed by atoms with E-state index in [1.54, 1.807) is 23.6 Å². The minimum Gasteiger partial charge on any atom is -0.398 e. The molecule has 16 heavy (non-hydrogen) atoms. The molecule has 2 aromatic rings. The van der Waals surface area contributed by atoms with Crippen LogP contribution in [0.15, 0.2) is 29.6 Å². The Hall–Kier alpha value is -1.32. The first-order valence-electron chi connectivity index (χ1n) is 4.73. The van der Waals surface area contributed by atoms with E-state index in [9.17, 15) is 4.79 Å². The fourth-order valence-corrected chi connectivity index (χ4v) is 2.54. The number of rotatable bonds is 2. The summed E-state index contributed by atoms with van der Waals surface area (Å²) in [6.07, 6.45) is 0. The molecule has 1 aromatic carbocycles. The molecule has 0 saturated carbocycles. The van der Waals surface area contributed by atoms with Crippen molar-refractivity contribution in [3.63, 3.8) is 0 Å². The summed E-state index contributed by atoms with van der Waals surface area (Å²) >= 11 is 7.26. The summed E-state index contributed by atoms with van der Waals surface area (Å²) in [6, 6.07) is 7.12. The molecule has 0 aliphatic rings. The van der Waals surface area contributed by atoms with Crippen LogP contribution < -0.4 is 5.73 Å². The van der Waals surface area contributed by atoms with Crippen LogP contribution >= 0.6 is 22.9 Å². The van der Waals surface area contributed by atoms with Crippen molar-refractivity contribution in [1.82, 2.24) is 0 Å². The Morgan fingerprint density at radius 3 is 2.75 bits per heavy atom. The van der Waals surface area contributed by atoms with E-state index >= 15 is 0 Å². The van der Waals surface area contributed by atoms with Gasteiger partial charge in [0.25, 0.3) is 0 Å². The number of aryl methyl sites for hydroxylation is 1. The molecule has 0 unspecified atom stereocenters. The zero-order valence-corrected chi connectivity index (χ0v) is 10.2. The van der Waals surface area contributed by atoms with Crippen molar-refractivity contribution < 1.29 is 4.79 Å². The van der Waals surface area contributed by atoms with E-state index in [0.717, 1.165) is 5.56 Å². The van der Waals surface area contributed by atoms with Gasteiger partial charge in [0, 0.05) is 11.3 Å². The summed E-state index contributed by atoms with van der Waals surface area (Å²) in [7, 11) is 0. The lowest BCUT2D eigenvalue weighted by Gasteiger charge is -2.04. The number of nitrogen functional groups attached to an aromatic ring is 1. The van der Waals surface area contributed by atoms with Crippen LogP contribution in [0.2, 0.25) is 5.02 Å². The molecule has 1 heterocycles. The Morgan fingerprint density at radius 2 is 2.12 bits per heavy atom. The highest BCUT2D eigenvalue weighted by Crippen LogP contribution is 2.27. The zero-order chi connectivity index (χ0) is 11.7. The molecule has 2 rings (SSSR count). The Labute approximate surface area is 103 Å². The fourth-order valence-electron chi connectivity index (χ4n) is 1.44. The molecule has 0 fully saturated rings. The van der Waals surface area contributed by atoms with Gasteiger partial charge in [-0.05, 0) is 30.5 Å². The lowest BCUT2D eigenvalue weighted by atomic mass is 10.0. The second-order valence-corrected chi connectivity index (χ2v) is 4.84. The molecule has 0 spiro atoms. The molecule has 2 nitrogen and oxygen atoms in total. The van der Waals surface area contributed by atoms with Crippen LogP contribution in [-0.2, 0) is 0 Å². The van der Waals surface area contributed by atoms with Crippen molar-refractivity contribution in [2.45, 2.75) is 6.92 Å². The van der Waals surface area contributed by atoms with Gasteiger partial charge < -0.3 is 5.73 Å². The SMILES string of the molecule is Cc1ccc(N)c(C(=O)c2sccc2Cl)c1. The third-order valence-electron chi connectivity index (χ3n) is 2.28. The normalized spacial score (nSPS) is 10.4. The summed E-state index contributed by atoms with van der Waals surface area (Å²) in [5, 5.41) is 2.28. The number of carbonyl (C=O) groups is 1. The number of ketones is 1. The number of hydrogen-bond donors (Lipinski definition) is 1. The summed E-state index contributed by atoms with van der Waals surface area (Å²) < 4.78 is 0. The average Bonchev–Trinajstić information content (AvgIpc) is 2.67. The van der Waals surface area contributed by atoms with Crippen molar-refractivity contribution >= 4 is 34.4 Å². The van der Waals surface area contributed by atoms with Gasteiger partial charge in [-0.25, -0.2) is 0 Å². The van der Waals surface area contributed by atoms with E-state index in [1.807, 2.05) is 13.0 Å². The van der Waals surface area contributed by atoms with Crippen LogP contribution in [0.3, 0.4) is 0 Å². The van der Waals surface area contributed by atoms with Crippen LogP contribution in [0.5, 0.6) is 0 Å². The van der Waals surface area contributed by atoms with Crippen molar-refractivity contribution in [3.8, 4) is 0 Å². The van der Waals surface area contributed by atoms with Gasteiger partial charge in [-0.3, -0.25) is 4.79 Å². The van der Waals surface area contributed by atoms with Gasteiger partial charge >= 0.3 is 0 Å². The minimum atomic E-state index is -0.110. The Bertz CT molecular complexity index is 548. The number of halogens is 1. The fraction of sp³-hybridized carbons (Fsp3) is 0.0833. The van der Waals surface area contributed by atoms with Crippen LogP contribution in [0.4, 0.5) is 5.69 Å².